The average molecular weight is 355 g/mol. The van der Waals surface area contributed by atoms with Gasteiger partial charge in [0.1, 0.15) is 11.4 Å². The number of ether oxygens (including phenoxy) is 1. The molecule has 0 unspecified atom stereocenters. The van der Waals surface area contributed by atoms with E-state index in [-0.39, 0.29) is 11.9 Å². The molecule has 1 aliphatic rings. The number of methoxy groups -OCH3 is 1. The van der Waals surface area contributed by atoms with Gasteiger partial charge in [-0.2, -0.15) is 0 Å². The van der Waals surface area contributed by atoms with E-state index < -0.39 is 4.84 Å². The lowest BCUT2D eigenvalue weighted by Crippen LogP contribution is -2.36. The van der Waals surface area contributed by atoms with Gasteiger partial charge in [0.25, 0.3) is 5.91 Å². The molecule has 1 amide bonds. The number of halogens is 2. The summed E-state index contributed by atoms with van der Waals surface area (Å²) >= 11 is 11.4. The van der Waals surface area contributed by atoms with Crippen molar-refractivity contribution < 1.29 is 14.1 Å². The Hall–Kier alpha value is -1.72. The molecule has 1 aliphatic carbocycles. The van der Waals surface area contributed by atoms with Gasteiger partial charge in [0.05, 0.1) is 19.2 Å². The molecule has 0 bridgehead atoms. The SMILES string of the molecule is COc1ccccc1-c1cc(CN(C(=O)C(Cl)Cl)C2CC2)no1. The van der Waals surface area contributed by atoms with Crippen LogP contribution < -0.4 is 4.74 Å². The fraction of sp³-hybridized carbons (Fsp3) is 0.375. The Labute approximate surface area is 144 Å². The molecule has 1 aromatic heterocycles. The normalized spacial score (nSPS) is 14.1. The summed E-state index contributed by atoms with van der Waals surface area (Å²) in [5, 5.41) is 4.05. The lowest BCUT2D eigenvalue weighted by Gasteiger charge is -2.21. The quantitative estimate of drug-likeness (QED) is 0.743. The standard InChI is InChI=1S/C16H16Cl2N2O3/c1-22-13-5-3-2-4-12(13)14-8-10(19-23-14)9-20(11-6-7-11)16(21)15(17)18/h2-5,8,11,15H,6-7,9H2,1H3. The van der Waals surface area contributed by atoms with Crippen LogP contribution in [0.2, 0.25) is 0 Å². The van der Waals surface area contributed by atoms with Crippen LogP contribution in [0.3, 0.4) is 0 Å². The second-order valence-electron chi connectivity index (χ2n) is 5.38. The van der Waals surface area contributed by atoms with Gasteiger partial charge >= 0.3 is 0 Å². The van der Waals surface area contributed by atoms with Crippen molar-refractivity contribution in [2.24, 2.45) is 0 Å². The third-order valence-electron chi connectivity index (χ3n) is 3.72. The molecule has 0 saturated heterocycles. The maximum atomic E-state index is 12.1. The van der Waals surface area contributed by atoms with Crippen molar-refractivity contribution in [2.75, 3.05) is 7.11 Å². The van der Waals surface area contributed by atoms with E-state index in [4.69, 9.17) is 32.5 Å². The molecule has 0 aliphatic heterocycles. The van der Waals surface area contributed by atoms with Crippen molar-refractivity contribution in [1.82, 2.24) is 10.1 Å². The number of hydrogen-bond donors (Lipinski definition) is 0. The van der Waals surface area contributed by atoms with E-state index in [0.717, 1.165) is 18.4 Å². The molecule has 7 heteroatoms. The summed E-state index contributed by atoms with van der Waals surface area (Å²) in [6.07, 6.45) is 1.92. The zero-order valence-corrected chi connectivity index (χ0v) is 14.0. The highest BCUT2D eigenvalue weighted by atomic mass is 35.5. The topological polar surface area (TPSA) is 55.6 Å². The van der Waals surface area contributed by atoms with Crippen LogP contribution in [0, 0.1) is 0 Å². The van der Waals surface area contributed by atoms with Gasteiger partial charge in [-0.15, -0.1) is 0 Å². The molecular formula is C16H16Cl2N2O3. The Morgan fingerprint density at radius 2 is 2.17 bits per heavy atom. The molecule has 3 rings (SSSR count). The summed E-state index contributed by atoms with van der Waals surface area (Å²) in [4.78, 5) is 12.7. The van der Waals surface area contributed by atoms with Crippen molar-refractivity contribution in [1.29, 1.82) is 0 Å². The molecule has 5 nitrogen and oxygen atoms in total. The monoisotopic (exact) mass is 354 g/mol. The maximum Gasteiger partial charge on any atom is 0.256 e. The summed E-state index contributed by atoms with van der Waals surface area (Å²) in [7, 11) is 1.60. The molecule has 1 saturated carbocycles. The highest BCUT2D eigenvalue weighted by Crippen LogP contribution is 2.32. The van der Waals surface area contributed by atoms with Gasteiger partial charge in [0.15, 0.2) is 10.6 Å². The van der Waals surface area contributed by atoms with Gasteiger partial charge in [-0.25, -0.2) is 0 Å². The molecule has 1 heterocycles. The van der Waals surface area contributed by atoms with E-state index in [9.17, 15) is 4.79 Å². The number of amides is 1. The van der Waals surface area contributed by atoms with Crippen molar-refractivity contribution in [3.05, 3.63) is 36.0 Å². The number of nitrogens with zero attached hydrogens (tertiary/aromatic N) is 2. The summed E-state index contributed by atoms with van der Waals surface area (Å²) in [5.41, 5.74) is 1.46. The molecule has 0 N–H and O–H groups in total. The number of rotatable bonds is 6. The van der Waals surface area contributed by atoms with E-state index >= 15 is 0 Å². The van der Waals surface area contributed by atoms with Gasteiger partial charge < -0.3 is 14.2 Å². The fourth-order valence-corrected chi connectivity index (χ4v) is 2.69. The molecule has 1 aromatic carbocycles. The summed E-state index contributed by atoms with van der Waals surface area (Å²) in [6.45, 7) is 0.331. The first-order chi connectivity index (χ1) is 11.1. The average Bonchev–Trinajstić information content (AvgIpc) is 3.30. The predicted molar refractivity (Wildman–Crippen MR) is 87.6 cm³/mol. The third-order valence-corrected chi connectivity index (χ3v) is 4.09. The number of carbonyl (C=O) groups is 1. The summed E-state index contributed by atoms with van der Waals surface area (Å²) in [6, 6.07) is 9.51. The second-order valence-corrected chi connectivity index (χ2v) is 6.48. The first kappa shape index (κ1) is 16.1. The largest absolute Gasteiger partial charge is 0.496 e. The number of alkyl halides is 2. The summed E-state index contributed by atoms with van der Waals surface area (Å²) in [5.74, 6) is 0.999. The van der Waals surface area contributed by atoms with Crippen LogP contribution in [0.4, 0.5) is 0 Å². The number of aromatic nitrogens is 1. The lowest BCUT2D eigenvalue weighted by atomic mass is 10.1. The van der Waals surface area contributed by atoms with E-state index in [1.807, 2.05) is 24.3 Å². The zero-order valence-electron chi connectivity index (χ0n) is 12.5. The summed E-state index contributed by atoms with van der Waals surface area (Å²) < 4.78 is 10.7. The highest BCUT2D eigenvalue weighted by molar-refractivity contribution is 6.53. The number of benzene rings is 1. The molecule has 122 valence electrons. The van der Waals surface area contributed by atoms with Crippen molar-refractivity contribution >= 4 is 29.1 Å². The maximum absolute atomic E-state index is 12.1. The molecule has 0 spiro atoms. The second kappa shape index (κ2) is 6.81. The van der Waals surface area contributed by atoms with Crippen LogP contribution in [0.5, 0.6) is 5.75 Å². The molecule has 2 aromatic rings. The van der Waals surface area contributed by atoms with Crippen molar-refractivity contribution in [3.8, 4) is 17.1 Å². The van der Waals surface area contributed by atoms with Crippen LogP contribution in [-0.4, -0.2) is 34.0 Å². The van der Waals surface area contributed by atoms with Crippen LogP contribution in [0.15, 0.2) is 34.9 Å². The molecular weight excluding hydrogens is 339 g/mol. The predicted octanol–water partition coefficient (Wildman–Crippen LogP) is 3.64. The van der Waals surface area contributed by atoms with Gasteiger partial charge in [-0.1, -0.05) is 40.5 Å². The Morgan fingerprint density at radius 1 is 1.43 bits per heavy atom. The zero-order chi connectivity index (χ0) is 16.4. The van der Waals surface area contributed by atoms with Crippen LogP contribution in [0.1, 0.15) is 18.5 Å². The van der Waals surface area contributed by atoms with E-state index in [0.29, 0.717) is 23.7 Å². The number of para-hydroxylation sites is 1. The van der Waals surface area contributed by atoms with Crippen molar-refractivity contribution in [3.63, 3.8) is 0 Å². The Morgan fingerprint density at radius 3 is 2.83 bits per heavy atom. The lowest BCUT2D eigenvalue weighted by molar-refractivity contribution is -0.130. The van der Waals surface area contributed by atoms with Gasteiger partial charge in [0.2, 0.25) is 0 Å². The van der Waals surface area contributed by atoms with Crippen molar-refractivity contribution in [2.45, 2.75) is 30.3 Å². The number of carbonyl (C=O) groups excluding carboxylic acids is 1. The minimum atomic E-state index is -1.06. The van der Waals surface area contributed by atoms with Gasteiger partial charge in [0, 0.05) is 12.1 Å². The molecule has 1 fully saturated rings. The van der Waals surface area contributed by atoms with Gasteiger partial charge in [-0.05, 0) is 25.0 Å². The number of hydrogen-bond acceptors (Lipinski definition) is 4. The van der Waals surface area contributed by atoms with Gasteiger partial charge in [-0.3, -0.25) is 4.79 Å². The highest BCUT2D eigenvalue weighted by Gasteiger charge is 2.35. The fourth-order valence-electron chi connectivity index (χ4n) is 2.43. The first-order valence-corrected chi connectivity index (χ1v) is 8.15. The molecule has 0 atom stereocenters. The Balaban J connectivity index is 1.80. The van der Waals surface area contributed by atoms with Crippen LogP contribution in [0.25, 0.3) is 11.3 Å². The minimum absolute atomic E-state index is 0.189. The first-order valence-electron chi connectivity index (χ1n) is 7.27. The van der Waals surface area contributed by atoms with Crippen LogP contribution >= 0.6 is 23.2 Å². The van der Waals surface area contributed by atoms with E-state index in [2.05, 4.69) is 5.16 Å². The Kier molecular flexibility index (Phi) is 4.78. The van der Waals surface area contributed by atoms with E-state index in [1.54, 1.807) is 18.1 Å². The van der Waals surface area contributed by atoms with E-state index in [1.165, 1.54) is 0 Å². The molecule has 0 radical (unpaired) electrons. The van der Waals surface area contributed by atoms with Crippen LogP contribution in [-0.2, 0) is 11.3 Å². The third kappa shape index (κ3) is 3.62. The smallest absolute Gasteiger partial charge is 0.256 e. The Bertz CT molecular complexity index is 698. The minimum Gasteiger partial charge on any atom is -0.496 e. The molecule has 23 heavy (non-hydrogen) atoms.